The molecular formula is C35H65N5O6S2Si. The number of nitrogens with one attached hydrogen (secondary N) is 4. The molecule has 0 aliphatic carbocycles. The zero-order chi connectivity index (χ0) is 37.7. The number of carbonyl (C=O) groups is 4. The number of hydrogen-bond acceptors (Lipinski definition) is 9. The summed E-state index contributed by atoms with van der Waals surface area (Å²) in [6, 6.07) is -1.95. The van der Waals surface area contributed by atoms with E-state index in [-0.39, 0.29) is 47.1 Å². The molecule has 0 aromatic carbocycles. The summed E-state index contributed by atoms with van der Waals surface area (Å²) in [6.45, 7) is 27.1. The average Bonchev–Trinajstić information content (AvgIpc) is 3.40. The summed E-state index contributed by atoms with van der Waals surface area (Å²) in [7, 11) is -2.38. The largest absolute Gasteiger partial charge is 0.442 e. The van der Waals surface area contributed by atoms with E-state index in [1.165, 1.54) is 23.1 Å². The highest BCUT2D eigenvalue weighted by Crippen LogP contribution is 2.39. The molecule has 1 aromatic rings. The number of rotatable bonds is 20. The number of alkyl carbamates (subject to hydrolysis) is 1. The Balaban J connectivity index is 3.28. The summed E-state index contributed by atoms with van der Waals surface area (Å²) in [5.41, 5.74) is 0.855. The van der Waals surface area contributed by atoms with Gasteiger partial charge in [0.25, 0.3) is 0 Å². The number of amides is 4. The number of hydrogen-bond donors (Lipinski definition) is 4. The first-order valence-electron chi connectivity index (χ1n) is 17.5. The molecule has 0 radical (unpaired) electrons. The minimum atomic E-state index is -2.38. The Kier molecular flexibility index (Phi) is 18.9. The maximum Gasteiger partial charge on any atom is 0.408 e. The van der Waals surface area contributed by atoms with E-state index in [1.54, 1.807) is 0 Å². The second-order valence-electron chi connectivity index (χ2n) is 15.8. The molecule has 1 aromatic heterocycles. The normalized spacial score (nSPS) is 15.4. The molecule has 0 bridgehead atoms. The predicted molar refractivity (Wildman–Crippen MR) is 204 cm³/mol. The number of carbonyl (C=O) groups excluding carboxylic acids is 4. The van der Waals surface area contributed by atoms with Crippen LogP contribution in [0.5, 0.6) is 0 Å². The SMILES string of the molecule is CSC[C@H](NC(=O)OCc1nc(C)cs1)C(=O)N[C@@H](CC(C)C)[C@H](C[C@@H](C)C(=O)N[C@H](C(=O)NCC(C)C)C(C)C)O[Si](C)(C)C(C)(C)C. The van der Waals surface area contributed by atoms with Gasteiger partial charge in [-0.2, -0.15) is 11.8 Å². The van der Waals surface area contributed by atoms with Crippen LogP contribution >= 0.6 is 23.1 Å². The number of nitrogens with zero attached hydrogens (tertiary/aromatic N) is 1. The summed E-state index contributed by atoms with van der Waals surface area (Å²) in [4.78, 5) is 57.6. The van der Waals surface area contributed by atoms with Crippen molar-refractivity contribution < 1.29 is 28.3 Å². The number of thiazole rings is 1. The van der Waals surface area contributed by atoms with Crippen LogP contribution in [-0.2, 0) is 30.2 Å². The Morgan fingerprint density at radius 3 is 2.04 bits per heavy atom. The van der Waals surface area contributed by atoms with Crippen LogP contribution in [0.15, 0.2) is 5.38 Å². The van der Waals surface area contributed by atoms with Crippen LogP contribution in [0.1, 0.15) is 92.8 Å². The monoisotopic (exact) mass is 743 g/mol. The van der Waals surface area contributed by atoms with Crippen molar-refractivity contribution in [1.82, 2.24) is 26.3 Å². The molecule has 1 heterocycles. The van der Waals surface area contributed by atoms with Crippen molar-refractivity contribution in [3.05, 3.63) is 16.1 Å². The van der Waals surface area contributed by atoms with E-state index in [4.69, 9.17) is 9.16 Å². The number of thioether (sulfide) groups is 1. The molecule has 0 aliphatic heterocycles. The molecule has 11 nitrogen and oxygen atoms in total. The second-order valence-corrected chi connectivity index (χ2v) is 22.4. The molecule has 0 saturated heterocycles. The van der Waals surface area contributed by atoms with Gasteiger partial charge in [0.05, 0.1) is 12.1 Å². The van der Waals surface area contributed by atoms with E-state index < -0.39 is 44.6 Å². The van der Waals surface area contributed by atoms with Gasteiger partial charge in [0.2, 0.25) is 17.7 Å². The summed E-state index contributed by atoms with van der Waals surface area (Å²) in [6.07, 6.45) is 1.62. The number of aryl methyl sites for hydroxylation is 1. The first-order valence-corrected chi connectivity index (χ1v) is 22.7. The fourth-order valence-corrected chi connectivity index (χ4v) is 7.40. The lowest BCUT2D eigenvalue weighted by Gasteiger charge is -2.43. The topological polar surface area (TPSA) is 148 Å². The number of ether oxygens (including phenoxy) is 1. The predicted octanol–water partition coefficient (Wildman–Crippen LogP) is 6.27. The van der Waals surface area contributed by atoms with Gasteiger partial charge < -0.3 is 30.4 Å². The van der Waals surface area contributed by atoms with Crippen molar-refractivity contribution in [2.45, 2.75) is 138 Å². The van der Waals surface area contributed by atoms with Gasteiger partial charge in [0.15, 0.2) is 8.32 Å². The lowest BCUT2D eigenvalue weighted by atomic mass is 9.91. The summed E-state index contributed by atoms with van der Waals surface area (Å²) < 4.78 is 12.4. The molecular weight excluding hydrogens is 679 g/mol. The summed E-state index contributed by atoms with van der Waals surface area (Å²) >= 11 is 2.85. The Labute approximate surface area is 305 Å². The quantitative estimate of drug-likeness (QED) is 0.114. The van der Waals surface area contributed by atoms with Gasteiger partial charge in [-0.15, -0.1) is 11.3 Å². The van der Waals surface area contributed by atoms with E-state index in [1.807, 2.05) is 53.2 Å². The van der Waals surface area contributed by atoms with Crippen LogP contribution in [0.3, 0.4) is 0 Å². The van der Waals surface area contributed by atoms with Gasteiger partial charge in [0.1, 0.15) is 23.7 Å². The van der Waals surface area contributed by atoms with Crippen molar-refractivity contribution >= 4 is 55.2 Å². The maximum atomic E-state index is 13.9. The molecule has 1 rings (SSSR count). The second kappa shape index (κ2) is 20.6. The minimum absolute atomic E-state index is 0.0212. The van der Waals surface area contributed by atoms with Gasteiger partial charge in [-0.05, 0) is 61.9 Å². The molecule has 0 aliphatic rings. The highest BCUT2D eigenvalue weighted by molar-refractivity contribution is 7.98. The van der Waals surface area contributed by atoms with Crippen LogP contribution in [0.25, 0.3) is 0 Å². The van der Waals surface area contributed by atoms with Crippen molar-refractivity contribution in [3.63, 3.8) is 0 Å². The Morgan fingerprint density at radius 1 is 0.918 bits per heavy atom. The molecule has 0 spiro atoms. The van der Waals surface area contributed by atoms with Crippen molar-refractivity contribution in [3.8, 4) is 0 Å². The highest BCUT2D eigenvalue weighted by Gasteiger charge is 2.42. The maximum absolute atomic E-state index is 13.9. The third-order valence-corrected chi connectivity index (χ3v) is 14.8. The van der Waals surface area contributed by atoms with E-state index in [0.29, 0.717) is 30.1 Å². The van der Waals surface area contributed by atoms with Crippen molar-refractivity contribution in [2.75, 3.05) is 18.6 Å². The van der Waals surface area contributed by atoms with Gasteiger partial charge >= 0.3 is 6.09 Å². The van der Waals surface area contributed by atoms with Crippen LogP contribution in [0, 0.1) is 30.6 Å². The van der Waals surface area contributed by atoms with Gasteiger partial charge in [0, 0.05) is 29.3 Å². The van der Waals surface area contributed by atoms with Crippen LogP contribution < -0.4 is 21.3 Å². The first kappa shape index (κ1) is 44.9. The molecule has 5 atom stereocenters. The third kappa shape index (κ3) is 16.2. The highest BCUT2D eigenvalue weighted by atomic mass is 32.2. The third-order valence-electron chi connectivity index (χ3n) is 8.65. The summed E-state index contributed by atoms with van der Waals surface area (Å²) in [5.74, 6) is -0.560. The van der Waals surface area contributed by atoms with Gasteiger partial charge in [-0.1, -0.05) is 69.2 Å². The zero-order valence-corrected chi connectivity index (χ0v) is 35.1. The van der Waals surface area contributed by atoms with Crippen LogP contribution in [-0.4, -0.2) is 79.9 Å². The van der Waals surface area contributed by atoms with E-state index in [2.05, 4.69) is 74.0 Å². The fourth-order valence-electron chi connectivity index (χ4n) is 4.77. The molecule has 0 saturated carbocycles. The molecule has 282 valence electrons. The Bertz CT molecular complexity index is 1200. The molecule has 4 N–H and O–H groups in total. The lowest BCUT2D eigenvalue weighted by molar-refractivity contribution is -0.132. The van der Waals surface area contributed by atoms with Gasteiger partial charge in [-0.3, -0.25) is 14.4 Å². The van der Waals surface area contributed by atoms with E-state index in [0.717, 1.165) is 5.69 Å². The first-order chi connectivity index (χ1) is 22.6. The van der Waals surface area contributed by atoms with Crippen LogP contribution in [0.2, 0.25) is 18.1 Å². The molecule has 0 fully saturated rings. The zero-order valence-electron chi connectivity index (χ0n) is 32.4. The minimum Gasteiger partial charge on any atom is -0.442 e. The van der Waals surface area contributed by atoms with E-state index >= 15 is 0 Å². The average molecular weight is 744 g/mol. The molecule has 0 unspecified atom stereocenters. The standard InChI is InChI=1S/C35H65N5O6S2Si/c1-21(2)15-26(38-32(42)27(20-47-12)39-34(44)45-18-29-37-25(8)19-48-29)28(46-49(13,14)35(9,10)11)16-24(7)31(41)40-30(23(5)6)33(43)36-17-22(3)4/h19,21-24,26-28,30H,15-18,20H2,1-14H3,(H,36,43)(H,38,42)(H,39,44)(H,40,41)/t24-,26+,27+,28+,30+/m1/s1. The Morgan fingerprint density at radius 2 is 1.55 bits per heavy atom. The van der Waals surface area contributed by atoms with Crippen molar-refractivity contribution in [1.29, 1.82) is 0 Å². The molecule has 14 heteroatoms. The Hall–Kier alpha value is -2.16. The lowest BCUT2D eigenvalue weighted by Crippen LogP contribution is -2.57. The van der Waals surface area contributed by atoms with Crippen molar-refractivity contribution in [2.24, 2.45) is 23.7 Å². The number of aromatic nitrogens is 1. The molecule has 49 heavy (non-hydrogen) atoms. The molecule has 4 amide bonds. The van der Waals surface area contributed by atoms with Gasteiger partial charge in [-0.25, -0.2) is 9.78 Å². The fraction of sp³-hybridized carbons (Fsp3) is 0.800. The summed E-state index contributed by atoms with van der Waals surface area (Å²) in [5, 5.41) is 14.3. The van der Waals surface area contributed by atoms with E-state index in [9.17, 15) is 19.2 Å². The van der Waals surface area contributed by atoms with Crippen LogP contribution in [0.4, 0.5) is 4.79 Å². The smallest absolute Gasteiger partial charge is 0.408 e.